The molecule has 3 rings (SSSR count). The van der Waals surface area contributed by atoms with Crippen LogP contribution in [-0.4, -0.2) is 61.3 Å². The Kier molecular flexibility index (Phi) is 7.27. The number of methoxy groups -OCH3 is 3. The first kappa shape index (κ1) is 23.4. The number of hydrogen-bond donors (Lipinski definition) is 2. The molecule has 0 aliphatic carbocycles. The van der Waals surface area contributed by atoms with E-state index in [0.717, 1.165) is 0 Å². The van der Waals surface area contributed by atoms with Crippen LogP contribution in [0.3, 0.4) is 0 Å². The second-order valence-corrected chi connectivity index (χ2v) is 7.53. The van der Waals surface area contributed by atoms with Crippen LogP contribution < -0.4 is 9.47 Å². The summed E-state index contributed by atoms with van der Waals surface area (Å²) in [5, 5.41) is 21.0. The van der Waals surface area contributed by atoms with Crippen LogP contribution >= 0.6 is 11.6 Å². The number of aromatic hydroxyl groups is 1. The monoisotopic (exact) mass is 461 g/mol. The minimum absolute atomic E-state index is 0.0658. The molecule has 2 aromatic carbocycles. The number of aliphatic hydroxyl groups excluding tert-OH is 1. The number of ether oxygens (including phenoxy) is 3. The maximum atomic E-state index is 13.0. The third kappa shape index (κ3) is 4.37. The van der Waals surface area contributed by atoms with Crippen molar-refractivity contribution in [2.24, 2.45) is 0 Å². The number of aliphatic hydroxyl groups is 1. The highest BCUT2D eigenvalue weighted by Crippen LogP contribution is 2.42. The van der Waals surface area contributed by atoms with Crippen molar-refractivity contribution in [2.75, 3.05) is 34.5 Å². The van der Waals surface area contributed by atoms with Gasteiger partial charge in [0.25, 0.3) is 11.7 Å². The lowest BCUT2D eigenvalue weighted by Crippen LogP contribution is -2.31. The van der Waals surface area contributed by atoms with E-state index in [1.165, 1.54) is 37.3 Å². The Hall–Kier alpha value is -3.23. The van der Waals surface area contributed by atoms with Crippen molar-refractivity contribution < 1.29 is 34.0 Å². The number of likely N-dealkylation sites (tertiary alicyclic amines) is 1. The number of hydrogen-bond acceptors (Lipinski definition) is 7. The molecule has 1 saturated heterocycles. The fourth-order valence-corrected chi connectivity index (χ4v) is 3.86. The van der Waals surface area contributed by atoms with E-state index in [0.29, 0.717) is 30.1 Å². The molecule has 2 aromatic rings. The van der Waals surface area contributed by atoms with Crippen molar-refractivity contribution >= 4 is 29.1 Å². The largest absolute Gasteiger partial charge is 0.507 e. The lowest BCUT2D eigenvalue weighted by Gasteiger charge is -2.25. The Morgan fingerprint density at radius 3 is 2.41 bits per heavy atom. The number of ketones is 1. The van der Waals surface area contributed by atoms with Crippen molar-refractivity contribution in [2.45, 2.75) is 12.5 Å². The van der Waals surface area contributed by atoms with Gasteiger partial charge in [-0.2, -0.15) is 0 Å². The number of Topliss-reactive ketones (excluding diaryl/α,β-unsaturated/α-hetero) is 1. The Balaban J connectivity index is 2.16. The number of phenolic OH excluding ortho intramolecular Hbond substituents is 1. The molecule has 2 N–H and O–H groups in total. The Labute approximate surface area is 190 Å². The maximum absolute atomic E-state index is 13.0. The van der Waals surface area contributed by atoms with E-state index in [9.17, 15) is 19.8 Å². The summed E-state index contributed by atoms with van der Waals surface area (Å²) in [7, 11) is 4.48. The summed E-state index contributed by atoms with van der Waals surface area (Å²) in [6.07, 6.45) is 0.488. The van der Waals surface area contributed by atoms with E-state index in [2.05, 4.69) is 0 Å². The fraction of sp³-hybridized carbons (Fsp3) is 0.304. The molecule has 1 aliphatic rings. The van der Waals surface area contributed by atoms with Gasteiger partial charge in [-0.05, 0) is 42.3 Å². The van der Waals surface area contributed by atoms with Crippen molar-refractivity contribution in [1.29, 1.82) is 0 Å². The summed E-state index contributed by atoms with van der Waals surface area (Å²) in [6.45, 7) is 0.617. The molecule has 32 heavy (non-hydrogen) atoms. The van der Waals surface area contributed by atoms with Crippen LogP contribution in [0.4, 0.5) is 0 Å². The summed E-state index contributed by atoms with van der Waals surface area (Å²) in [4.78, 5) is 27.2. The van der Waals surface area contributed by atoms with E-state index >= 15 is 0 Å². The number of halogens is 1. The molecule has 8 nitrogen and oxygen atoms in total. The summed E-state index contributed by atoms with van der Waals surface area (Å²) in [5.74, 6) is -1.23. The number of carbonyl (C=O) groups is 2. The van der Waals surface area contributed by atoms with Gasteiger partial charge in [0, 0.05) is 25.8 Å². The first-order valence-electron chi connectivity index (χ1n) is 9.82. The van der Waals surface area contributed by atoms with Gasteiger partial charge in [-0.25, -0.2) is 0 Å². The molecule has 0 radical (unpaired) electrons. The molecule has 0 aromatic heterocycles. The van der Waals surface area contributed by atoms with Crippen molar-refractivity contribution in [1.82, 2.24) is 4.90 Å². The Bertz CT molecular complexity index is 1070. The first-order valence-corrected chi connectivity index (χ1v) is 10.2. The lowest BCUT2D eigenvalue weighted by atomic mass is 9.95. The molecule has 1 aliphatic heterocycles. The molecular weight excluding hydrogens is 438 g/mol. The number of amides is 1. The highest BCUT2D eigenvalue weighted by atomic mass is 35.5. The van der Waals surface area contributed by atoms with E-state index in [-0.39, 0.29) is 34.2 Å². The minimum atomic E-state index is -0.891. The predicted molar refractivity (Wildman–Crippen MR) is 118 cm³/mol. The molecule has 1 fully saturated rings. The molecule has 0 saturated carbocycles. The molecule has 170 valence electrons. The predicted octanol–water partition coefficient (Wildman–Crippen LogP) is 3.52. The normalized spacial score (nSPS) is 17.6. The van der Waals surface area contributed by atoms with Crippen LogP contribution in [0.2, 0.25) is 5.02 Å². The summed E-state index contributed by atoms with van der Waals surface area (Å²) in [5.41, 5.74) is 0.681. The van der Waals surface area contributed by atoms with Gasteiger partial charge in [0.15, 0.2) is 11.5 Å². The molecule has 1 amide bonds. The number of rotatable bonds is 8. The van der Waals surface area contributed by atoms with Crippen LogP contribution in [0, 0.1) is 0 Å². The van der Waals surface area contributed by atoms with E-state index in [1.807, 2.05) is 0 Å². The van der Waals surface area contributed by atoms with Crippen LogP contribution in [0.1, 0.15) is 23.6 Å². The van der Waals surface area contributed by atoms with Crippen molar-refractivity contribution in [3.05, 3.63) is 58.1 Å². The van der Waals surface area contributed by atoms with Gasteiger partial charge >= 0.3 is 0 Å². The first-order chi connectivity index (χ1) is 15.3. The number of benzene rings is 2. The third-order valence-corrected chi connectivity index (χ3v) is 5.53. The average molecular weight is 462 g/mol. The molecule has 0 bridgehead atoms. The minimum Gasteiger partial charge on any atom is -0.507 e. The fourth-order valence-electron chi connectivity index (χ4n) is 3.67. The SMILES string of the molecule is COCCCN1C(=O)C(=O)/C(=C(\O)c2ccc(OC)c(OC)c2)C1c1ccc(O)c(Cl)c1. The molecule has 1 atom stereocenters. The number of carbonyl (C=O) groups excluding carboxylic acids is 2. The third-order valence-electron chi connectivity index (χ3n) is 5.23. The zero-order valence-corrected chi connectivity index (χ0v) is 18.7. The molecule has 0 spiro atoms. The highest BCUT2D eigenvalue weighted by molar-refractivity contribution is 6.46. The quantitative estimate of drug-likeness (QED) is 0.268. The van der Waals surface area contributed by atoms with E-state index < -0.39 is 17.7 Å². The second-order valence-electron chi connectivity index (χ2n) is 7.12. The molecular formula is C23H24ClNO7. The van der Waals surface area contributed by atoms with Gasteiger partial charge < -0.3 is 29.3 Å². The van der Waals surface area contributed by atoms with Crippen LogP contribution in [0.5, 0.6) is 17.2 Å². The smallest absolute Gasteiger partial charge is 0.295 e. The van der Waals surface area contributed by atoms with Gasteiger partial charge in [-0.1, -0.05) is 17.7 Å². The molecule has 1 unspecified atom stereocenters. The Morgan fingerprint density at radius 1 is 1.06 bits per heavy atom. The van der Waals surface area contributed by atoms with Gasteiger partial charge in [0.1, 0.15) is 11.5 Å². The van der Waals surface area contributed by atoms with Gasteiger partial charge in [0.2, 0.25) is 0 Å². The lowest BCUT2D eigenvalue weighted by molar-refractivity contribution is -0.140. The highest BCUT2D eigenvalue weighted by Gasteiger charge is 2.46. The molecule has 1 heterocycles. The van der Waals surface area contributed by atoms with E-state index in [4.69, 9.17) is 25.8 Å². The summed E-state index contributed by atoms with van der Waals surface area (Å²) >= 11 is 6.09. The standard InChI is InChI=1S/C23H24ClNO7/c1-30-10-4-9-25-20(13-5-7-16(26)15(24)11-13)19(22(28)23(25)29)21(27)14-6-8-17(31-2)18(12-14)32-3/h5-8,11-12,20,26-27H,4,9-10H2,1-3H3/b21-19-. The van der Waals surface area contributed by atoms with Crippen molar-refractivity contribution in [3.63, 3.8) is 0 Å². The van der Waals surface area contributed by atoms with Gasteiger partial charge in [-0.15, -0.1) is 0 Å². The van der Waals surface area contributed by atoms with Gasteiger partial charge in [-0.3, -0.25) is 9.59 Å². The topological polar surface area (TPSA) is 106 Å². The van der Waals surface area contributed by atoms with Crippen LogP contribution in [0.25, 0.3) is 5.76 Å². The zero-order chi connectivity index (χ0) is 23.4. The van der Waals surface area contributed by atoms with Crippen LogP contribution in [0.15, 0.2) is 42.0 Å². The van der Waals surface area contributed by atoms with Gasteiger partial charge in [0.05, 0.1) is 30.9 Å². The summed E-state index contributed by atoms with van der Waals surface area (Å²) < 4.78 is 15.6. The zero-order valence-electron chi connectivity index (χ0n) is 17.9. The summed E-state index contributed by atoms with van der Waals surface area (Å²) in [6, 6.07) is 8.20. The van der Waals surface area contributed by atoms with E-state index in [1.54, 1.807) is 25.3 Å². The average Bonchev–Trinajstić information content (AvgIpc) is 3.05. The number of phenols is 1. The maximum Gasteiger partial charge on any atom is 0.295 e. The number of nitrogens with zero attached hydrogens (tertiary/aromatic N) is 1. The van der Waals surface area contributed by atoms with Crippen molar-refractivity contribution in [3.8, 4) is 17.2 Å². The Morgan fingerprint density at radius 2 is 1.78 bits per heavy atom. The molecule has 9 heteroatoms. The van der Waals surface area contributed by atoms with Crippen LogP contribution in [-0.2, 0) is 14.3 Å². The second kappa shape index (κ2) is 9.93.